The minimum atomic E-state index is -0.661. The van der Waals surface area contributed by atoms with E-state index in [-0.39, 0.29) is 42.0 Å². The molecule has 332 valence electrons. The minimum Gasteiger partial charge on any atom is -0.494 e. The number of aromatic nitrogens is 7. The van der Waals surface area contributed by atoms with E-state index >= 15 is 0 Å². The van der Waals surface area contributed by atoms with Gasteiger partial charge in [-0.2, -0.15) is 5.10 Å². The molecule has 0 bridgehead atoms. The largest absolute Gasteiger partial charge is 0.494 e. The van der Waals surface area contributed by atoms with Gasteiger partial charge in [0.15, 0.2) is 0 Å². The number of hydrogen-bond donors (Lipinski definition) is 4. The fourth-order valence-electron chi connectivity index (χ4n) is 7.64. The molecular formula is C43H53N13O6S. The van der Waals surface area contributed by atoms with Gasteiger partial charge in [-0.25, -0.2) is 15.0 Å². The number of fused-ring (bicyclic) bond motifs is 2. The number of benzene rings is 2. The molecule has 20 heteroatoms. The van der Waals surface area contributed by atoms with Crippen molar-refractivity contribution in [3.8, 4) is 11.5 Å². The highest BCUT2D eigenvalue weighted by Gasteiger charge is 2.24. The molecule has 1 fully saturated rings. The molecule has 1 aliphatic rings. The number of hydrogen-bond acceptors (Lipinski definition) is 13. The van der Waals surface area contributed by atoms with Crippen LogP contribution < -0.4 is 31.6 Å². The summed E-state index contributed by atoms with van der Waals surface area (Å²) in [5, 5.41) is 11.1. The summed E-state index contributed by atoms with van der Waals surface area (Å²) < 4.78 is 17.3. The van der Waals surface area contributed by atoms with Gasteiger partial charge < -0.3 is 39.9 Å². The Balaban J connectivity index is 1.24. The normalized spacial score (nSPS) is 13.6. The van der Waals surface area contributed by atoms with Crippen molar-refractivity contribution in [2.24, 2.45) is 11.5 Å². The number of imidazole rings is 2. The van der Waals surface area contributed by atoms with Gasteiger partial charge in [0.25, 0.3) is 11.8 Å². The molecular weight excluding hydrogens is 827 g/mol. The maximum absolute atomic E-state index is 13.9. The van der Waals surface area contributed by atoms with Gasteiger partial charge in [0, 0.05) is 63.5 Å². The highest BCUT2D eigenvalue weighted by molar-refractivity contribution is 7.13. The van der Waals surface area contributed by atoms with Crippen LogP contribution in [0.25, 0.3) is 22.1 Å². The van der Waals surface area contributed by atoms with Gasteiger partial charge >= 0.3 is 0 Å². The molecule has 0 saturated carbocycles. The minimum absolute atomic E-state index is 0.181. The van der Waals surface area contributed by atoms with Gasteiger partial charge in [0.05, 0.1) is 41.1 Å². The summed E-state index contributed by atoms with van der Waals surface area (Å²) in [7, 11) is 3.59. The third-order valence-corrected chi connectivity index (χ3v) is 11.9. The second-order valence-corrected chi connectivity index (χ2v) is 16.5. The predicted octanol–water partition coefficient (Wildman–Crippen LogP) is 4.22. The third-order valence-electron chi connectivity index (χ3n) is 10.8. The van der Waals surface area contributed by atoms with E-state index in [0.717, 1.165) is 44.2 Å². The molecule has 0 atom stereocenters. The molecule has 7 rings (SSSR count). The number of allylic oxidation sites excluding steroid dienone is 2. The number of ether oxygens (including phenoxy) is 2. The molecule has 0 radical (unpaired) electrons. The molecule has 4 amide bonds. The van der Waals surface area contributed by atoms with Gasteiger partial charge in [-0.1, -0.05) is 19.1 Å². The smallest absolute Gasteiger partial charge is 0.276 e. The lowest BCUT2D eigenvalue weighted by atomic mass is 10.1. The van der Waals surface area contributed by atoms with Crippen molar-refractivity contribution in [3.05, 3.63) is 80.6 Å². The summed E-state index contributed by atoms with van der Waals surface area (Å²) in [5.74, 6) is -0.957. The Hall–Kier alpha value is -6.64. The van der Waals surface area contributed by atoms with Crippen LogP contribution in [0.5, 0.6) is 11.5 Å². The summed E-state index contributed by atoms with van der Waals surface area (Å²) in [6.45, 7) is 13.5. The number of piperazine rings is 1. The molecule has 5 heterocycles. The van der Waals surface area contributed by atoms with Gasteiger partial charge in [-0.15, -0.1) is 11.3 Å². The predicted molar refractivity (Wildman–Crippen MR) is 241 cm³/mol. The van der Waals surface area contributed by atoms with Gasteiger partial charge in [0.1, 0.15) is 33.1 Å². The summed E-state index contributed by atoms with van der Waals surface area (Å²) in [4.78, 5) is 71.6. The number of thiazole rings is 1. The summed E-state index contributed by atoms with van der Waals surface area (Å²) in [6.07, 6.45) is 5.06. The summed E-state index contributed by atoms with van der Waals surface area (Å²) in [6, 6.07) is 7.97. The zero-order valence-electron chi connectivity index (χ0n) is 36.4. The van der Waals surface area contributed by atoms with Crippen LogP contribution >= 0.6 is 11.3 Å². The number of aryl methyl sites for hydroxylation is 4. The molecule has 2 aromatic carbocycles. The van der Waals surface area contributed by atoms with E-state index in [0.29, 0.717) is 75.1 Å². The first-order valence-corrected chi connectivity index (χ1v) is 21.6. The lowest BCUT2D eigenvalue weighted by molar-refractivity contribution is 0.0991. The summed E-state index contributed by atoms with van der Waals surface area (Å²) in [5.41, 5.74) is 15.4. The van der Waals surface area contributed by atoms with Crippen LogP contribution in [-0.2, 0) is 26.1 Å². The van der Waals surface area contributed by atoms with Crippen molar-refractivity contribution in [2.45, 2.75) is 60.2 Å². The number of carbonyl (C=O) groups excluding carboxylic acids is 4. The number of primary amides is 2. The van der Waals surface area contributed by atoms with Gasteiger partial charge in [-0.3, -0.25) is 34.5 Å². The number of nitrogens with two attached hydrogens (primary N) is 2. The topological polar surface area (TPSA) is 236 Å². The number of carbonyl (C=O) groups is 4. The van der Waals surface area contributed by atoms with Gasteiger partial charge in [-0.05, 0) is 71.0 Å². The second-order valence-electron chi connectivity index (χ2n) is 15.3. The number of rotatable bonds is 18. The van der Waals surface area contributed by atoms with Crippen LogP contribution in [0, 0.1) is 13.8 Å². The lowest BCUT2D eigenvalue weighted by Gasteiger charge is -2.32. The average Bonchev–Trinajstić information content (AvgIpc) is 4.03. The first kappa shape index (κ1) is 44.4. The summed E-state index contributed by atoms with van der Waals surface area (Å²) >= 11 is 1.30. The third kappa shape index (κ3) is 9.72. The van der Waals surface area contributed by atoms with Crippen LogP contribution in [0.4, 0.5) is 11.9 Å². The monoisotopic (exact) mass is 879 g/mol. The zero-order chi connectivity index (χ0) is 44.9. The fraction of sp³-hybridized carbons (Fsp3) is 0.395. The highest BCUT2D eigenvalue weighted by Crippen LogP contribution is 2.33. The Morgan fingerprint density at radius 3 is 1.97 bits per heavy atom. The van der Waals surface area contributed by atoms with Crippen molar-refractivity contribution in [1.29, 1.82) is 0 Å². The van der Waals surface area contributed by atoms with Crippen LogP contribution in [0.15, 0.2) is 42.5 Å². The molecule has 19 nitrogen and oxygen atoms in total. The number of nitrogens with one attached hydrogen (secondary N) is 2. The molecule has 4 aromatic heterocycles. The Labute approximate surface area is 368 Å². The number of amides is 4. The quantitative estimate of drug-likeness (QED) is 0.0702. The number of likely N-dealkylation sites (N-methyl/N-ethyl adjacent to an activating group) is 1. The van der Waals surface area contributed by atoms with Crippen LogP contribution in [-0.4, -0.2) is 121 Å². The Kier molecular flexibility index (Phi) is 13.5. The maximum Gasteiger partial charge on any atom is 0.276 e. The molecule has 0 aliphatic carbocycles. The Morgan fingerprint density at radius 2 is 1.40 bits per heavy atom. The second kappa shape index (κ2) is 19.2. The number of nitrogens with zero attached hydrogens (tertiary/aromatic N) is 9. The molecule has 1 aliphatic heterocycles. The van der Waals surface area contributed by atoms with E-state index in [1.165, 1.54) is 24.5 Å². The lowest BCUT2D eigenvalue weighted by Crippen LogP contribution is -2.44. The SMILES string of the molecule is CCc1nc(C)sc1C(=O)Nc1nc2cc(C(N)=O)cc(OCCCN3CCN(C)CC3)c2n1C/C=C/Cn1c(NC(=O)c2cc(C)nn2CC)nc2cc(C(N)=O)cc(OC)c21. The Bertz CT molecular complexity index is 2720. The van der Waals surface area contributed by atoms with Crippen LogP contribution in [0.1, 0.15) is 77.5 Å². The van der Waals surface area contributed by atoms with Crippen molar-refractivity contribution in [2.75, 3.05) is 64.1 Å². The van der Waals surface area contributed by atoms with E-state index in [4.69, 9.17) is 30.9 Å². The molecule has 0 spiro atoms. The number of methoxy groups -OCH3 is 1. The molecule has 0 unspecified atom stereocenters. The standard InChI is InChI=1S/C43H53N13O6S/c1-7-29-37(63-26(4)46-29)41(60)50-43-48-31-22-28(39(45)58)24-34(62-19-11-12-53-17-15-52(5)16-18-53)36(31)55(43)14-10-9-13-54-35-30(21-27(38(44)57)23-33(35)61-6)47-42(54)49-40(59)32-20-25(3)51-56(32)8-2/h9-10,20-24H,7-8,11-19H2,1-6H3,(H2,44,57)(H2,45,58)(H,47,49,59)(H,48,50,60)/b10-9+. The van der Waals surface area contributed by atoms with E-state index in [1.54, 1.807) is 33.5 Å². The fourth-order valence-corrected chi connectivity index (χ4v) is 8.54. The molecule has 63 heavy (non-hydrogen) atoms. The van der Waals surface area contributed by atoms with Crippen molar-refractivity contribution >= 4 is 68.9 Å². The first-order chi connectivity index (χ1) is 30.3. The van der Waals surface area contributed by atoms with Crippen molar-refractivity contribution in [3.63, 3.8) is 0 Å². The zero-order valence-corrected chi connectivity index (χ0v) is 37.2. The van der Waals surface area contributed by atoms with Crippen LogP contribution in [0.2, 0.25) is 0 Å². The van der Waals surface area contributed by atoms with Crippen LogP contribution in [0.3, 0.4) is 0 Å². The van der Waals surface area contributed by atoms with Crippen molar-refractivity contribution in [1.82, 2.24) is 43.7 Å². The van der Waals surface area contributed by atoms with E-state index < -0.39 is 17.7 Å². The van der Waals surface area contributed by atoms with E-state index in [9.17, 15) is 19.2 Å². The Morgan fingerprint density at radius 1 is 0.810 bits per heavy atom. The van der Waals surface area contributed by atoms with E-state index in [1.807, 2.05) is 44.4 Å². The molecule has 6 N–H and O–H groups in total. The average molecular weight is 880 g/mol. The highest BCUT2D eigenvalue weighted by atomic mass is 32.1. The number of anilines is 2. The maximum atomic E-state index is 13.9. The molecule has 1 saturated heterocycles. The first-order valence-electron chi connectivity index (χ1n) is 20.8. The molecule has 6 aromatic rings. The van der Waals surface area contributed by atoms with E-state index in [2.05, 4.69) is 37.6 Å². The van der Waals surface area contributed by atoms with Gasteiger partial charge in [0.2, 0.25) is 23.7 Å². The van der Waals surface area contributed by atoms with Crippen molar-refractivity contribution < 1.29 is 28.7 Å².